The Kier molecular flexibility index (Phi) is 3.68. The summed E-state index contributed by atoms with van der Waals surface area (Å²) in [6.07, 6.45) is 0.564. The number of hydrogen-bond acceptors (Lipinski definition) is 2. The summed E-state index contributed by atoms with van der Waals surface area (Å²) in [5.74, 6) is 0. The summed E-state index contributed by atoms with van der Waals surface area (Å²) in [7, 11) is 0. The van der Waals surface area contributed by atoms with Crippen LogP contribution in [0.2, 0.25) is 5.02 Å². The maximum Gasteiger partial charge on any atom is 0.0762 e. The van der Waals surface area contributed by atoms with Gasteiger partial charge in [-0.1, -0.05) is 41.9 Å². The monoisotopic (exact) mass is 287 g/mol. The van der Waals surface area contributed by atoms with E-state index in [1.165, 1.54) is 11.1 Å². The van der Waals surface area contributed by atoms with Crippen LogP contribution >= 0.6 is 11.6 Å². The molecule has 3 rings (SSSR count). The third-order valence-corrected chi connectivity index (χ3v) is 4.23. The largest absolute Gasteiger partial charge is 0.389 e. The molecule has 0 radical (unpaired) electrons. The van der Waals surface area contributed by atoms with Crippen LogP contribution in [0.3, 0.4) is 0 Å². The highest BCUT2D eigenvalue weighted by atomic mass is 35.5. The summed E-state index contributed by atoms with van der Waals surface area (Å²) >= 11 is 6.38. The lowest BCUT2D eigenvalue weighted by molar-refractivity contribution is 0.199. The van der Waals surface area contributed by atoms with E-state index in [2.05, 4.69) is 29.2 Å². The molecule has 1 aliphatic rings. The third-order valence-electron chi connectivity index (χ3n) is 3.93. The molecule has 20 heavy (non-hydrogen) atoms. The molecule has 1 atom stereocenters. The Hall–Kier alpha value is -1.51. The molecule has 3 heteroatoms. The molecule has 0 bridgehead atoms. The smallest absolute Gasteiger partial charge is 0.0762 e. The Morgan fingerprint density at radius 3 is 2.60 bits per heavy atom. The molecule has 0 aliphatic carbocycles. The Labute approximate surface area is 124 Å². The van der Waals surface area contributed by atoms with E-state index in [4.69, 9.17) is 11.6 Å². The minimum Gasteiger partial charge on any atom is -0.389 e. The van der Waals surface area contributed by atoms with Crippen molar-refractivity contribution in [2.45, 2.75) is 26.0 Å². The molecule has 1 N–H and O–H groups in total. The van der Waals surface area contributed by atoms with Crippen molar-refractivity contribution in [2.75, 3.05) is 11.4 Å². The van der Waals surface area contributed by atoms with Crippen molar-refractivity contribution in [2.24, 2.45) is 0 Å². The molecule has 2 aromatic rings. The van der Waals surface area contributed by atoms with E-state index in [1.807, 2.05) is 18.2 Å². The first-order valence-corrected chi connectivity index (χ1v) is 7.32. The van der Waals surface area contributed by atoms with Crippen molar-refractivity contribution in [1.82, 2.24) is 0 Å². The lowest BCUT2D eigenvalue weighted by Crippen LogP contribution is -2.30. The molecular weight excluding hydrogens is 270 g/mol. The van der Waals surface area contributed by atoms with Gasteiger partial charge in [0, 0.05) is 13.1 Å². The molecule has 1 heterocycles. The average molecular weight is 288 g/mol. The van der Waals surface area contributed by atoms with E-state index in [0.717, 1.165) is 30.8 Å². The highest BCUT2D eigenvalue weighted by Gasteiger charge is 2.18. The van der Waals surface area contributed by atoms with Crippen LogP contribution in [0.4, 0.5) is 5.69 Å². The Balaban J connectivity index is 1.88. The van der Waals surface area contributed by atoms with Gasteiger partial charge in [0.05, 0.1) is 16.8 Å². The highest BCUT2D eigenvalue weighted by Crippen LogP contribution is 2.32. The van der Waals surface area contributed by atoms with Crippen molar-refractivity contribution >= 4 is 17.3 Å². The Morgan fingerprint density at radius 2 is 1.90 bits per heavy atom. The van der Waals surface area contributed by atoms with Gasteiger partial charge >= 0.3 is 0 Å². The summed E-state index contributed by atoms with van der Waals surface area (Å²) in [6.45, 7) is 3.62. The first-order valence-electron chi connectivity index (χ1n) is 6.94. The summed E-state index contributed by atoms with van der Waals surface area (Å²) < 4.78 is 0. The van der Waals surface area contributed by atoms with Crippen LogP contribution in [0.15, 0.2) is 42.5 Å². The van der Waals surface area contributed by atoms with Gasteiger partial charge in [-0.05, 0) is 42.2 Å². The second-order valence-electron chi connectivity index (χ2n) is 5.33. The fraction of sp³-hybridized carbons (Fsp3) is 0.294. The maximum atomic E-state index is 9.61. The molecule has 0 aromatic heterocycles. The van der Waals surface area contributed by atoms with Gasteiger partial charge in [-0.2, -0.15) is 0 Å². The minimum absolute atomic E-state index is 0.483. The third kappa shape index (κ3) is 2.54. The quantitative estimate of drug-likeness (QED) is 0.904. The van der Waals surface area contributed by atoms with E-state index in [1.54, 1.807) is 6.92 Å². The van der Waals surface area contributed by atoms with Crippen LogP contribution < -0.4 is 4.90 Å². The Bertz CT molecular complexity index is 624. The average Bonchev–Trinajstić information content (AvgIpc) is 2.46. The first kappa shape index (κ1) is 13.5. The van der Waals surface area contributed by atoms with Crippen LogP contribution in [0.1, 0.15) is 29.7 Å². The van der Waals surface area contributed by atoms with Crippen molar-refractivity contribution in [3.8, 4) is 0 Å². The van der Waals surface area contributed by atoms with Gasteiger partial charge in [-0.25, -0.2) is 0 Å². The van der Waals surface area contributed by atoms with Gasteiger partial charge in [0.1, 0.15) is 0 Å². The zero-order valence-corrected chi connectivity index (χ0v) is 12.3. The lowest BCUT2D eigenvalue weighted by atomic mass is 9.99. The Morgan fingerprint density at radius 1 is 1.15 bits per heavy atom. The summed E-state index contributed by atoms with van der Waals surface area (Å²) in [5, 5.41) is 10.3. The molecule has 0 unspecified atom stereocenters. The molecule has 2 nitrogen and oxygen atoms in total. The van der Waals surface area contributed by atoms with Gasteiger partial charge in [0.25, 0.3) is 0 Å². The van der Waals surface area contributed by atoms with Crippen LogP contribution in [0.25, 0.3) is 0 Å². The van der Waals surface area contributed by atoms with Gasteiger partial charge < -0.3 is 10.0 Å². The zero-order chi connectivity index (χ0) is 14.1. The maximum absolute atomic E-state index is 9.61. The second-order valence-corrected chi connectivity index (χ2v) is 5.73. The fourth-order valence-corrected chi connectivity index (χ4v) is 3.05. The van der Waals surface area contributed by atoms with Crippen molar-refractivity contribution in [3.05, 3.63) is 64.2 Å². The van der Waals surface area contributed by atoms with Gasteiger partial charge in [-0.3, -0.25) is 0 Å². The van der Waals surface area contributed by atoms with E-state index < -0.39 is 6.10 Å². The number of fused-ring (bicyclic) bond motifs is 1. The number of halogens is 1. The normalized spacial score (nSPS) is 15.8. The second kappa shape index (κ2) is 5.47. The molecule has 1 aliphatic heterocycles. The number of rotatable bonds is 2. The molecule has 0 saturated heterocycles. The van der Waals surface area contributed by atoms with E-state index >= 15 is 0 Å². The number of hydrogen-bond donors (Lipinski definition) is 1. The van der Waals surface area contributed by atoms with Gasteiger partial charge in [0.15, 0.2) is 0 Å². The highest BCUT2D eigenvalue weighted by molar-refractivity contribution is 6.33. The standard InChI is InChI=1S/C17H18ClNO/c1-12(20)14-6-7-17(16(18)10-14)19-9-8-13-4-2-3-5-15(13)11-19/h2-7,10,12,20H,8-9,11H2,1H3/t12-/m1/s1. The van der Waals surface area contributed by atoms with Gasteiger partial charge in [-0.15, -0.1) is 0 Å². The van der Waals surface area contributed by atoms with E-state index in [0.29, 0.717) is 5.02 Å². The van der Waals surface area contributed by atoms with Crippen LogP contribution in [0.5, 0.6) is 0 Å². The first-order chi connectivity index (χ1) is 9.65. The number of aliphatic hydroxyl groups is 1. The topological polar surface area (TPSA) is 23.5 Å². The summed E-state index contributed by atoms with van der Waals surface area (Å²) in [6, 6.07) is 14.4. The number of anilines is 1. The fourth-order valence-electron chi connectivity index (χ4n) is 2.74. The number of benzene rings is 2. The number of nitrogens with zero attached hydrogens (tertiary/aromatic N) is 1. The molecule has 104 valence electrons. The molecule has 0 amide bonds. The minimum atomic E-state index is -0.483. The lowest BCUT2D eigenvalue weighted by Gasteiger charge is -2.31. The van der Waals surface area contributed by atoms with Crippen molar-refractivity contribution in [1.29, 1.82) is 0 Å². The summed E-state index contributed by atoms with van der Waals surface area (Å²) in [4.78, 5) is 2.30. The van der Waals surface area contributed by atoms with E-state index in [-0.39, 0.29) is 0 Å². The zero-order valence-electron chi connectivity index (χ0n) is 11.5. The van der Waals surface area contributed by atoms with E-state index in [9.17, 15) is 5.11 Å². The number of aliphatic hydroxyl groups excluding tert-OH is 1. The van der Waals surface area contributed by atoms with Crippen LogP contribution in [-0.4, -0.2) is 11.7 Å². The predicted molar refractivity (Wildman–Crippen MR) is 83.3 cm³/mol. The summed E-state index contributed by atoms with van der Waals surface area (Å²) in [5.41, 5.74) is 4.71. The molecule has 0 spiro atoms. The SMILES string of the molecule is C[C@@H](O)c1ccc(N2CCc3ccccc3C2)c(Cl)c1. The van der Waals surface area contributed by atoms with Crippen LogP contribution in [0, 0.1) is 0 Å². The van der Waals surface area contributed by atoms with Crippen molar-refractivity contribution in [3.63, 3.8) is 0 Å². The molecule has 0 fully saturated rings. The molecular formula is C17H18ClNO. The predicted octanol–water partition coefficient (Wildman–Crippen LogP) is 3.96. The molecule has 0 saturated carbocycles. The van der Waals surface area contributed by atoms with Gasteiger partial charge in [0.2, 0.25) is 0 Å². The van der Waals surface area contributed by atoms with Crippen molar-refractivity contribution < 1.29 is 5.11 Å². The molecule has 2 aromatic carbocycles. The van der Waals surface area contributed by atoms with Crippen LogP contribution in [-0.2, 0) is 13.0 Å².